The van der Waals surface area contributed by atoms with E-state index < -0.39 is 38.3 Å². The summed E-state index contributed by atoms with van der Waals surface area (Å²) >= 11 is 0. The first kappa shape index (κ1) is 30.0. The first-order valence-electron chi connectivity index (χ1n) is 15.3. The molecule has 3 aliphatic heterocycles. The molecule has 7 rings (SSSR count). The number of nitrogens with zero attached hydrogens (tertiary/aromatic N) is 6. The van der Waals surface area contributed by atoms with Crippen molar-refractivity contribution in [2.45, 2.75) is 76.3 Å². The predicted octanol–water partition coefficient (Wildman–Crippen LogP) is 4.27. The van der Waals surface area contributed by atoms with Gasteiger partial charge in [-0.15, -0.1) is 5.10 Å². The van der Waals surface area contributed by atoms with Crippen molar-refractivity contribution in [1.29, 1.82) is 0 Å². The van der Waals surface area contributed by atoms with Crippen molar-refractivity contribution in [3.63, 3.8) is 0 Å². The van der Waals surface area contributed by atoms with Gasteiger partial charge in [0.15, 0.2) is 5.60 Å². The van der Waals surface area contributed by atoms with E-state index in [1.807, 2.05) is 43.8 Å². The highest BCUT2D eigenvalue weighted by Gasteiger charge is 2.52. The molecule has 1 N–H and O–H groups in total. The molecule has 1 aromatic carbocycles. The van der Waals surface area contributed by atoms with Crippen LogP contribution in [-0.2, 0) is 19.6 Å². The number of aliphatic carboxylic acids is 1. The second-order valence-corrected chi connectivity index (χ2v) is 15.8. The second-order valence-electron chi connectivity index (χ2n) is 13.9. The molecule has 1 saturated carbocycles. The van der Waals surface area contributed by atoms with Crippen LogP contribution in [0.3, 0.4) is 0 Å². The Morgan fingerprint density at radius 3 is 2.62 bits per heavy atom. The highest BCUT2D eigenvalue weighted by atomic mass is 32.2. The van der Waals surface area contributed by atoms with Crippen molar-refractivity contribution in [3.05, 3.63) is 52.9 Å². The van der Waals surface area contributed by atoms with E-state index in [-0.39, 0.29) is 37.1 Å². The molecular formula is C32H38N6O6S. The van der Waals surface area contributed by atoms with Crippen molar-refractivity contribution in [1.82, 2.24) is 24.3 Å². The van der Waals surface area contributed by atoms with E-state index >= 15 is 0 Å². The molecule has 0 radical (unpaired) electrons. The molecule has 2 atom stereocenters. The minimum atomic E-state index is -3.98. The van der Waals surface area contributed by atoms with Crippen molar-refractivity contribution >= 4 is 33.2 Å². The third-order valence-corrected chi connectivity index (χ3v) is 11.8. The quantitative estimate of drug-likeness (QED) is 0.402. The van der Waals surface area contributed by atoms with Crippen LogP contribution in [0.2, 0.25) is 0 Å². The molecule has 2 fully saturated rings. The first-order chi connectivity index (χ1) is 21.3. The van der Waals surface area contributed by atoms with Gasteiger partial charge in [-0.05, 0) is 81.9 Å². The van der Waals surface area contributed by atoms with E-state index in [0.29, 0.717) is 18.2 Å². The fraction of sp³-hybridized carbons (Fsp3) is 0.531. The maximum Gasteiger partial charge on any atom is 0.309 e. The summed E-state index contributed by atoms with van der Waals surface area (Å²) in [5.41, 5.74) is 2.19. The minimum Gasteiger partial charge on any atom is -0.481 e. The summed E-state index contributed by atoms with van der Waals surface area (Å²) < 4.78 is 43.1. The molecule has 238 valence electrons. The number of carboxylic acid groups (broad SMARTS) is 1. The van der Waals surface area contributed by atoms with Gasteiger partial charge in [-0.2, -0.15) is 4.31 Å². The summed E-state index contributed by atoms with van der Waals surface area (Å²) in [5.74, 6) is -1.38. The molecule has 1 unspecified atom stereocenters. The van der Waals surface area contributed by atoms with E-state index in [2.05, 4.69) is 15.3 Å². The van der Waals surface area contributed by atoms with E-state index in [1.54, 1.807) is 19.9 Å². The lowest BCUT2D eigenvalue weighted by molar-refractivity contribution is -0.166. The normalized spacial score (nSPS) is 25.0. The fourth-order valence-corrected chi connectivity index (χ4v) is 8.90. The van der Waals surface area contributed by atoms with Crippen LogP contribution in [0.5, 0.6) is 5.88 Å². The number of aliphatic imine (C=N–C) groups is 1. The van der Waals surface area contributed by atoms with Gasteiger partial charge in [-0.1, -0.05) is 18.2 Å². The molecule has 3 aromatic rings. The van der Waals surface area contributed by atoms with Crippen LogP contribution in [0.25, 0.3) is 11.0 Å². The molecule has 2 aromatic heterocycles. The number of hydrogen-bond donors (Lipinski definition) is 1. The number of pyridine rings is 1. The van der Waals surface area contributed by atoms with E-state index in [4.69, 9.17) is 14.5 Å². The lowest BCUT2D eigenvalue weighted by Crippen LogP contribution is -2.60. The Morgan fingerprint density at radius 1 is 1.20 bits per heavy atom. The number of fused-ring (bicyclic) bond motifs is 2. The van der Waals surface area contributed by atoms with Crippen LogP contribution in [0.15, 0.2) is 51.6 Å². The highest BCUT2D eigenvalue weighted by Crippen LogP contribution is 2.53. The number of sulfonamides is 1. The van der Waals surface area contributed by atoms with Gasteiger partial charge in [0, 0.05) is 36.0 Å². The van der Waals surface area contributed by atoms with Crippen molar-refractivity contribution in [2.24, 2.45) is 15.8 Å². The molecule has 0 bridgehead atoms. The van der Waals surface area contributed by atoms with Gasteiger partial charge in [0.2, 0.25) is 15.9 Å². The van der Waals surface area contributed by atoms with Crippen LogP contribution < -0.4 is 4.74 Å². The Labute approximate surface area is 262 Å². The largest absolute Gasteiger partial charge is 0.481 e. The highest BCUT2D eigenvalue weighted by molar-refractivity contribution is 7.89. The van der Waals surface area contributed by atoms with E-state index in [1.165, 1.54) is 16.6 Å². The molecule has 0 amide bonds. The third kappa shape index (κ3) is 4.78. The lowest BCUT2D eigenvalue weighted by Gasteiger charge is -2.46. The predicted molar refractivity (Wildman–Crippen MR) is 166 cm³/mol. The summed E-state index contributed by atoms with van der Waals surface area (Å²) in [5, 5.41) is 19.5. The maximum atomic E-state index is 14.0. The van der Waals surface area contributed by atoms with Gasteiger partial charge in [-0.25, -0.2) is 18.1 Å². The van der Waals surface area contributed by atoms with Gasteiger partial charge < -0.3 is 14.6 Å². The Balaban J connectivity index is 1.28. The minimum absolute atomic E-state index is 0.0159. The standard InChI is InChI=1S/C32H38N6O6S/c1-19-23(10-11-24-26(19)35-36-38(24)22-8-9-22)27(30(3,4)29(39)40)31(5)13-21(20(2)34-15-31)14-37-16-32(17-43-18-32)44-28-25(45(37,41)42)7-6-12-33-28/h6-7,10-12,15,22,27H,8-9,13-14,16-18H2,1-5H3,(H,39,40)/t27-,31?/m0/s1. The molecule has 13 heteroatoms. The average molecular weight is 635 g/mol. The van der Waals surface area contributed by atoms with Crippen molar-refractivity contribution in [3.8, 4) is 5.88 Å². The molecule has 5 heterocycles. The van der Waals surface area contributed by atoms with Crippen LogP contribution in [0.1, 0.15) is 70.0 Å². The summed E-state index contributed by atoms with van der Waals surface area (Å²) in [4.78, 5) is 22.0. The van der Waals surface area contributed by atoms with Gasteiger partial charge in [-0.3, -0.25) is 9.79 Å². The topological polar surface area (TPSA) is 149 Å². The summed E-state index contributed by atoms with van der Waals surface area (Å²) in [7, 11) is -3.98. The van der Waals surface area contributed by atoms with Crippen LogP contribution in [0, 0.1) is 17.8 Å². The Hall–Kier alpha value is -3.68. The number of ether oxygens (including phenoxy) is 2. The number of hydrogen-bond acceptors (Lipinski definition) is 9. The fourth-order valence-electron chi connectivity index (χ4n) is 7.33. The molecule has 4 aliphatic rings. The number of carboxylic acids is 1. The molecule has 45 heavy (non-hydrogen) atoms. The summed E-state index contributed by atoms with van der Waals surface area (Å²) in [6.45, 7) is 10.0. The second kappa shape index (κ2) is 10.2. The number of rotatable bonds is 7. The van der Waals surface area contributed by atoms with Crippen LogP contribution in [0.4, 0.5) is 0 Å². The zero-order valence-electron chi connectivity index (χ0n) is 26.1. The SMILES string of the molecule is CC1=C(CN2CC3(COC3)Oc3ncccc3S2(=O)=O)CC(C)([C@@H](c2ccc3c(nnn3C3CC3)c2C)C(C)(C)C(=O)O)C=N1. The maximum absolute atomic E-state index is 14.0. The zero-order chi connectivity index (χ0) is 31.9. The zero-order valence-corrected chi connectivity index (χ0v) is 27.0. The Morgan fingerprint density at radius 2 is 1.96 bits per heavy atom. The molecule has 1 saturated heterocycles. The molecule has 1 spiro atoms. The molecule has 1 aliphatic carbocycles. The number of carbonyl (C=O) groups is 1. The van der Waals surface area contributed by atoms with Gasteiger partial charge in [0.1, 0.15) is 10.4 Å². The van der Waals surface area contributed by atoms with Crippen molar-refractivity contribution < 1.29 is 27.8 Å². The third-order valence-electron chi connectivity index (χ3n) is 9.96. The van der Waals surface area contributed by atoms with E-state index in [9.17, 15) is 18.3 Å². The number of aromatic nitrogens is 4. The van der Waals surface area contributed by atoms with Crippen LogP contribution >= 0.6 is 0 Å². The average Bonchev–Trinajstić information content (AvgIpc) is 3.73. The molecular weight excluding hydrogens is 596 g/mol. The van der Waals surface area contributed by atoms with E-state index in [0.717, 1.165) is 40.6 Å². The monoisotopic (exact) mass is 634 g/mol. The lowest BCUT2D eigenvalue weighted by atomic mass is 9.58. The smallest absolute Gasteiger partial charge is 0.309 e. The van der Waals surface area contributed by atoms with Crippen molar-refractivity contribution in [2.75, 3.05) is 26.3 Å². The number of benzene rings is 1. The Bertz CT molecular complexity index is 1890. The summed E-state index contributed by atoms with van der Waals surface area (Å²) in [6.07, 6.45) is 5.93. The Kier molecular flexibility index (Phi) is 6.77. The number of aryl methyl sites for hydroxylation is 1. The van der Waals surface area contributed by atoms with Gasteiger partial charge >= 0.3 is 5.97 Å². The van der Waals surface area contributed by atoms with Crippen LogP contribution in [-0.4, -0.2) is 81.9 Å². The van der Waals surface area contributed by atoms with Gasteiger partial charge in [0.05, 0.1) is 36.7 Å². The molecule has 12 nitrogen and oxygen atoms in total. The summed E-state index contributed by atoms with van der Waals surface area (Å²) in [6, 6.07) is 7.47. The first-order valence-corrected chi connectivity index (χ1v) is 16.7. The van der Waals surface area contributed by atoms with Gasteiger partial charge in [0.25, 0.3) is 0 Å². The number of allylic oxidation sites excluding steroid dienone is 1.